The number of rotatable bonds is 1. The summed E-state index contributed by atoms with van der Waals surface area (Å²) in [7, 11) is -1.03. The molecular weight excluding hydrogens is 150 g/mol. The summed E-state index contributed by atoms with van der Waals surface area (Å²) in [5.74, 6) is 0. The van der Waals surface area contributed by atoms with Crippen molar-refractivity contribution >= 4 is 13.3 Å². The van der Waals surface area contributed by atoms with Crippen molar-refractivity contribution in [3.05, 3.63) is 30.3 Å². The average molecular weight is 167 g/mol. The van der Waals surface area contributed by atoms with E-state index in [-0.39, 0.29) is 6.15 Å². The predicted molar refractivity (Wildman–Crippen MR) is 54.4 cm³/mol. The minimum absolute atomic E-state index is 0. The van der Waals surface area contributed by atoms with E-state index in [1.165, 1.54) is 5.19 Å². The molecule has 0 atom stereocenters. The lowest BCUT2D eigenvalue weighted by Crippen LogP contribution is -2.37. The topological polar surface area (TPSA) is 35.0 Å². The van der Waals surface area contributed by atoms with Gasteiger partial charge < -0.3 is 6.15 Å². The summed E-state index contributed by atoms with van der Waals surface area (Å²) >= 11 is 0. The summed E-state index contributed by atoms with van der Waals surface area (Å²) in [6.45, 7) is 7.09. The van der Waals surface area contributed by atoms with Crippen molar-refractivity contribution in [1.82, 2.24) is 6.15 Å². The van der Waals surface area contributed by atoms with Gasteiger partial charge in [0.15, 0.2) is 0 Å². The van der Waals surface area contributed by atoms with Crippen LogP contribution in [0.3, 0.4) is 0 Å². The van der Waals surface area contributed by atoms with E-state index in [1.54, 1.807) is 0 Å². The van der Waals surface area contributed by atoms with Crippen LogP contribution in [0.1, 0.15) is 0 Å². The Morgan fingerprint density at radius 1 is 0.909 bits per heavy atom. The first kappa shape index (κ1) is 10.4. The van der Waals surface area contributed by atoms with Gasteiger partial charge >= 0.3 is 0 Å². The highest BCUT2D eigenvalue weighted by atomic mass is 28.3. The van der Waals surface area contributed by atoms with Crippen LogP contribution in [0, 0.1) is 0 Å². The second-order valence-electron chi connectivity index (χ2n) is 3.62. The first-order valence-electron chi connectivity index (χ1n) is 3.66. The lowest BCUT2D eigenvalue weighted by molar-refractivity contribution is 1.68. The molecule has 0 aliphatic heterocycles. The van der Waals surface area contributed by atoms with E-state index in [1.807, 2.05) is 0 Å². The molecule has 0 bridgehead atoms. The Kier molecular flexibility index (Phi) is 3.49. The third kappa shape index (κ3) is 2.86. The van der Waals surface area contributed by atoms with E-state index >= 15 is 0 Å². The molecule has 3 N–H and O–H groups in total. The molecule has 1 aromatic carbocycles. The molecule has 1 rings (SSSR count). The zero-order valence-electron chi connectivity index (χ0n) is 7.59. The highest BCUT2D eigenvalue weighted by molar-refractivity contribution is 6.88. The predicted octanol–water partition coefficient (Wildman–Crippen LogP) is 2.39. The molecule has 0 saturated heterocycles. The van der Waals surface area contributed by atoms with Crippen molar-refractivity contribution in [3.8, 4) is 0 Å². The molecule has 1 aromatic rings. The van der Waals surface area contributed by atoms with Gasteiger partial charge in [0.2, 0.25) is 0 Å². The molecule has 0 aliphatic rings. The van der Waals surface area contributed by atoms with Gasteiger partial charge in [0.05, 0.1) is 8.07 Å². The SMILES string of the molecule is C[Si](C)(C)c1ccccc1.N. The fraction of sp³-hybridized carbons (Fsp3) is 0.333. The van der Waals surface area contributed by atoms with Crippen LogP contribution in [-0.4, -0.2) is 8.07 Å². The van der Waals surface area contributed by atoms with Gasteiger partial charge in [0, 0.05) is 0 Å². The summed E-state index contributed by atoms with van der Waals surface area (Å²) in [5, 5.41) is 1.54. The molecule has 0 heterocycles. The Balaban J connectivity index is 0.000001000. The molecule has 0 aliphatic carbocycles. The van der Waals surface area contributed by atoms with Gasteiger partial charge in [0.25, 0.3) is 0 Å². The van der Waals surface area contributed by atoms with Crippen molar-refractivity contribution in [2.75, 3.05) is 0 Å². The number of benzene rings is 1. The maximum atomic E-state index is 2.36. The van der Waals surface area contributed by atoms with Crippen molar-refractivity contribution in [2.45, 2.75) is 19.6 Å². The zero-order chi connectivity index (χ0) is 7.61. The molecular formula is C9H17NSi. The summed E-state index contributed by atoms with van der Waals surface area (Å²) in [5.41, 5.74) is 0. The van der Waals surface area contributed by atoms with E-state index in [9.17, 15) is 0 Å². The van der Waals surface area contributed by atoms with Crippen molar-refractivity contribution in [1.29, 1.82) is 0 Å². The Labute approximate surface area is 70.0 Å². The molecule has 62 valence electrons. The normalized spacial score (nSPS) is 10.5. The first-order valence-corrected chi connectivity index (χ1v) is 7.16. The maximum Gasteiger partial charge on any atom is 0.0775 e. The highest BCUT2D eigenvalue weighted by Crippen LogP contribution is 2.00. The standard InChI is InChI=1S/C9H14Si.H3N/c1-10(2,3)9-7-5-4-6-8-9;/h4-8H,1-3H3;1H3. The Morgan fingerprint density at radius 2 is 1.36 bits per heavy atom. The van der Waals surface area contributed by atoms with Gasteiger partial charge in [-0.25, -0.2) is 0 Å². The van der Waals surface area contributed by atoms with Crippen molar-refractivity contribution in [3.63, 3.8) is 0 Å². The van der Waals surface area contributed by atoms with Crippen LogP contribution in [0.4, 0.5) is 0 Å². The van der Waals surface area contributed by atoms with E-state index < -0.39 is 8.07 Å². The van der Waals surface area contributed by atoms with E-state index in [0.717, 1.165) is 0 Å². The molecule has 0 amide bonds. The zero-order valence-corrected chi connectivity index (χ0v) is 8.59. The van der Waals surface area contributed by atoms with Crippen LogP contribution in [0.5, 0.6) is 0 Å². The van der Waals surface area contributed by atoms with E-state index in [0.29, 0.717) is 0 Å². The van der Waals surface area contributed by atoms with Gasteiger partial charge in [-0.3, -0.25) is 0 Å². The van der Waals surface area contributed by atoms with E-state index in [2.05, 4.69) is 50.0 Å². The average Bonchev–Trinajstić information content (AvgIpc) is 1.88. The first-order chi connectivity index (χ1) is 4.61. The lowest BCUT2D eigenvalue weighted by atomic mass is 10.4. The van der Waals surface area contributed by atoms with Gasteiger partial charge in [-0.1, -0.05) is 55.2 Å². The quantitative estimate of drug-likeness (QED) is 0.640. The van der Waals surface area contributed by atoms with Crippen LogP contribution in [0.25, 0.3) is 0 Å². The molecule has 1 nitrogen and oxygen atoms in total. The third-order valence-corrected chi connectivity index (χ3v) is 3.71. The summed E-state index contributed by atoms with van der Waals surface area (Å²) in [4.78, 5) is 0. The van der Waals surface area contributed by atoms with Crippen LogP contribution >= 0.6 is 0 Å². The monoisotopic (exact) mass is 167 g/mol. The molecule has 0 unspecified atom stereocenters. The summed E-state index contributed by atoms with van der Waals surface area (Å²) in [6.07, 6.45) is 0. The highest BCUT2D eigenvalue weighted by Gasteiger charge is 2.14. The largest absolute Gasteiger partial charge is 0.344 e. The van der Waals surface area contributed by atoms with Crippen LogP contribution in [-0.2, 0) is 0 Å². The second kappa shape index (κ2) is 3.69. The van der Waals surface area contributed by atoms with Gasteiger partial charge in [-0.15, -0.1) is 0 Å². The molecule has 0 radical (unpaired) electrons. The third-order valence-electron chi connectivity index (χ3n) is 1.64. The molecule has 0 spiro atoms. The molecule has 11 heavy (non-hydrogen) atoms. The fourth-order valence-corrected chi connectivity index (χ4v) is 2.13. The lowest BCUT2D eigenvalue weighted by Gasteiger charge is -2.15. The minimum Gasteiger partial charge on any atom is -0.344 e. The number of hydrogen-bond acceptors (Lipinski definition) is 1. The van der Waals surface area contributed by atoms with E-state index in [4.69, 9.17) is 0 Å². The molecule has 2 heteroatoms. The number of hydrogen-bond donors (Lipinski definition) is 1. The fourth-order valence-electron chi connectivity index (χ4n) is 0.938. The second-order valence-corrected chi connectivity index (χ2v) is 8.69. The Bertz CT molecular complexity index is 201. The van der Waals surface area contributed by atoms with Gasteiger partial charge in [-0.05, 0) is 0 Å². The maximum absolute atomic E-state index is 2.36. The molecule has 0 aromatic heterocycles. The molecule has 0 saturated carbocycles. The smallest absolute Gasteiger partial charge is 0.0775 e. The minimum atomic E-state index is -1.03. The summed E-state index contributed by atoms with van der Waals surface area (Å²) in [6, 6.07) is 10.8. The Morgan fingerprint density at radius 3 is 1.64 bits per heavy atom. The Hall–Kier alpha value is -0.603. The van der Waals surface area contributed by atoms with Crippen LogP contribution in [0.2, 0.25) is 19.6 Å². The van der Waals surface area contributed by atoms with Crippen LogP contribution < -0.4 is 11.3 Å². The van der Waals surface area contributed by atoms with Gasteiger partial charge in [0.1, 0.15) is 0 Å². The summed E-state index contributed by atoms with van der Waals surface area (Å²) < 4.78 is 0. The molecule has 0 fully saturated rings. The van der Waals surface area contributed by atoms with Crippen LogP contribution in [0.15, 0.2) is 30.3 Å². The van der Waals surface area contributed by atoms with Gasteiger partial charge in [-0.2, -0.15) is 0 Å². The van der Waals surface area contributed by atoms with Crippen molar-refractivity contribution in [2.24, 2.45) is 0 Å². The van der Waals surface area contributed by atoms with Crippen molar-refractivity contribution < 1.29 is 0 Å².